The van der Waals surface area contributed by atoms with Gasteiger partial charge >= 0.3 is 0 Å². The fourth-order valence-corrected chi connectivity index (χ4v) is 3.01. The summed E-state index contributed by atoms with van der Waals surface area (Å²) < 4.78 is 5.91. The van der Waals surface area contributed by atoms with Crippen LogP contribution in [-0.2, 0) is 0 Å². The Labute approximate surface area is 136 Å². The molecule has 0 unspecified atom stereocenters. The highest BCUT2D eigenvalue weighted by molar-refractivity contribution is 6.31. The summed E-state index contributed by atoms with van der Waals surface area (Å²) in [5.41, 5.74) is 4.66. The van der Waals surface area contributed by atoms with Gasteiger partial charge < -0.3 is 4.74 Å². The summed E-state index contributed by atoms with van der Waals surface area (Å²) in [6.07, 6.45) is 7.98. The monoisotopic (exact) mass is 314 g/mol. The van der Waals surface area contributed by atoms with Crippen molar-refractivity contribution < 1.29 is 4.74 Å². The molecule has 0 saturated heterocycles. The second-order valence-corrected chi connectivity index (χ2v) is 5.91. The zero-order chi connectivity index (χ0) is 15.4. The molecule has 2 aromatic heterocycles. The van der Waals surface area contributed by atoms with Gasteiger partial charge in [-0.15, -0.1) is 0 Å². The molecule has 0 aromatic carbocycles. The zero-order valence-electron chi connectivity index (χ0n) is 12.7. The summed E-state index contributed by atoms with van der Waals surface area (Å²) in [6, 6.07) is 7.90. The van der Waals surface area contributed by atoms with E-state index in [1.807, 2.05) is 31.2 Å². The first-order valence-electron chi connectivity index (χ1n) is 7.61. The Morgan fingerprint density at radius 1 is 1.14 bits per heavy atom. The quantitative estimate of drug-likeness (QED) is 0.757. The average Bonchev–Trinajstić information content (AvgIpc) is 2.55. The van der Waals surface area contributed by atoms with Gasteiger partial charge in [0.15, 0.2) is 0 Å². The highest BCUT2D eigenvalue weighted by atomic mass is 35.5. The highest BCUT2D eigenvalue weighted by Gasteiger charge is 2.17. The third kappa shape index (κ3) is 3.47. The first-order chi connectivity index (χ1) is 10.7. The minimum atomic E-state index is 0.578. The third-order valence-electron chi connectivity index (χ3n) is 3.96. The molecule has 1 aliphatic carbocycles. The number of aromatic nitrogens is 2. The smallest absolute Gasteiger partial charge is 0.138 e. The number of nitrogens with zero attached hydrogens (tertiary/aromatic N) is 2. The van der Waals surface area contributed by atoms with Crippen LogP contribution in [0.1, 0.15) is 36.9 Å². The fraction of sp³-hybridized carbons (Fsp3) is 0.333. The molecule has 0 aliphatic heterocycles. The van der Waals surface area contributed by atoms with Crippen molar-refractivity contribution in [2.24, 2.45) is 0 Å². The lowest BCUT2D eigenvalue weighted by Crippen LogP contribution is -2.09. The Morgan fingerprint density at radius 2 is 2.00 bits per heavy atom. The molecule has 0 spiro atoms. The molecule has 0 radical (unpaired) electrons. The van der Waals surface area contributed by atoms with Crippen LogP contribution in [0.15, 0.2) is 42.2 Å². The average molecular weight is 315 g/mol. The Balaban J connectivity index is 1.82. The lowest BCUT2D eigenvalue weighted by Gasteiger charge is -2.21. The van der Waals surface area contributed by atoms with Gasteiger partial charge in [-0.1, -0.05) is 17.7 Å². The predicted octanol–water partition coefficient (Wildman–Crippen LogP) is 4.85. The first kappa shape index (κ1) is 15.0. The Hall–Kier alpha value is -1.87. The van der Waals surface area contributed by atoms with E-state index < -0.39 is 0 Å². The van der Waals surface area contributed by atoms with Crippen LogP contribution >= 0.6 is 11.6 Å². The van der Waals surface area contributed by atoms with Crippen molar-refractivity contribution in [3.63, 3.8) is 0 Å². The molecule has 0 bridgehead atoms. The van der Waals surface area contributed by atoms with E-state index in [0.29, 0.717) is 11.8 Å². The Bertz CT molecular complexity index is 680. The minimum Gasteiger partial charge on any atom is -0.488 e. The van der Waals surface area contributed by atoms with Gasteiger partial charge in [0.2, 0.25) is 0 Å². The SMILES string of the molecule is Cc1ccc(OCC2=C(c3cccnc3Cl)CCCC2)cn1. The standard InChI is InChI=1S/C18H19ClN2O/c1-13-8-9-15(11-21-13)22-12-14-5-2-3-6-16(14)17-7-4-10-20-18(17)19/h4,7-11H,2-3,5-6,12H2,1H3. The van der Waals surface area contributed by atoms with Crippen LogP contribution in [0.3, 0.4) is 0 Å². The number of aryl methyl sites for hydroxylation is 1. The molecule has 0 saturated carbocycles. The van der Waals surface area contributed by atoms with Crippen molar-refractivity contribution in [1.82, 2.24) is 9.97 Å². The minimum absolute atomic E-state index is 0.578. The lowest BCUT2D eigenvalue weighted by molar-refractivity contribution is 0.343. The van der Waals surface area contributed by atoms with Crippen molar-refractivity contribution in [3.8, 4) is 5.75 Å². The van der Waals surface area contributed by atoms with E-state index >= 15 is 0 Å². The number of hydrogen-bond donors (Lipinski definition) is 0. The second-order valence-electron chi connectivity index (χ2n) is 5.55. The van der Waals surface area contributed by atoms with Crippen LogP contribution in [0, 0.1) is 6.92 Å². The molecule has 0 atom stereocenters. The molecular weight excluding hydrogens is 296 g/mol. The van der Waals surface area contributed by atoms with E-state index in [-0.39, 0.29) is 0 Å². The van der Waals surface area contributed by atoms with Crippen LogP contribution in [-0.4, -0.2) is 16.6 Å². The zero-order valence-corrected chi connectivity index (χ0v) is 13.4. The maximum absolute atomic E-state index is 6.26. The van der Waals surface area contributed by atoms with E-state index in [9.17, 15) is 0 Å². The van der Waals surface area contributed by atoms with Gasteiger partial charge in [0.05, 0.1) is 6.20 Å². The molecular formula is C18H19ClN2O. The third-order valence-corrected chi connectivity index (χ3v) is 4.26. The summed E-state index contributed by atoms with van der Waals surface area (Å²) in [4.78, 5) is 8.46. The number of rotatable bonds is 4. The summed E-state index contributed by atoms with van der Waals surface area (Å²) in [5, 5.41) is 0.578. The molecule has 4 heteroatoms. The molecule has 0 amide bonds. The van der Waals surface area contributed by atoms with E-state index in [1.54, 1.807) is 12.4 Å². The van der Waals surface area contributed by atoms with Gasteiger partial charge in [-0.25, -0.2) is 4.98 Å². The van der Waals surface area contributed by atoms with Crippen molar-refractivity contribution >= 4 is 17.2 Å². The van der Waals surface area contributed by atoms with Crippen LogP contribution in [0.25, 0.3) is 5.57 Å². The number of hydrogen-bond acceptors (Lipinski definition) is 3. The van der Waals surface area contributed by atoms with E-state index in [0.717, 1.165) is 29.8 Å². The maximum atomic E-state index is 6.26. The van der Waals surface area contributed by atoms with Gasteiger partial charge in [0, 0.05) is 17.5 Å². The molecule has 0 N–H and O–H groups in total. The van der Waals surface area contributed by atoms with Crippen molar-refractivity contribution in [3.05, 3.63) is 58.6 Å². The van der Waals surface area contributed by atoms with Crippen LogP contribution in [0.4, 0.5) is 0 Å². The largest absolute Gasteiger partial charge is 0.488 e. The highest BCUT2D eigenvalue weighted by Crippen LogP contribution is 2.35. The van der Waals surface area contributed by atoms with Crippen LogP contribution < -0.4 is 4.74 Å². The van der Waals surface area contributed by atoms with Gasteiger partial charge in [-0.2, -0.15) is 0 Å². The number of ether oxygens (including phenoxy) is 1. The van der Waals surface area contributed by atoms with Crippen molar-refractivity contribution in [2.75, 3.05) is 6.61 Å². The van der Waals surface area contributed by atoms with Crippen molar-refractivity contribution in [2.45, 2.75) is 32.6 Å². The topological polar surface area (TPSA) is 35.0 Å². The summed E-state index contributed by atoms with van der Waals surface area (Å²) >= 11 is 6.26. The molecule has 3 rings (SSSR count). The van der Waals surface area contributed by atoms with Crippen molar-refractivity contribution in [1.29, 1.82) is 0 Å². The van der Waals surface area contributed by atoms with Crippen LogP contribution in [0.5, 0.6) is 5.75 Å². The van der Waals surface area contributed by atoms with E-state index in [4.69, 9.17) is 16.3 Å². The normalized spacial score (nSPS) is 15.0. The fourth-order valence-electron chi connectivity index (χ4n) is 2.77. The van der Waals surface area contributed by atoms with Gasteiger partial charge in [-0.05, 0) is 62.0 Å². The van der Waals surface area contributed by atoms with Gasteiger partial charge in [0.1, 0.15) is 17.5 Å². The number of halogens is 1. The predicted molar refractivity (Wildman–Crippen MR) is 89.1 cm³/mol. The van der Waals surface area contributed by atoms with Gasteiger partial charge in [-0.3, -0.25) is 4.98 Å². The molecule has 3 nitrogen and oxygen atoms in total. The summed E-state index contributed by atoms with van der Waals surface area (Å²) in [6.45, 7) is 2.56. The second kappa shape index (κ2) is 6.93. The van der Waals surface area contributed by atoms with E-state index in [1.165, 1.54) is 24.0 Å². The maximum Gasteiger partial charge on any atom is 0.138 e. The lowest BCUT2D eigenvalue weighted by atomic mass is 9.88. The Kier molecular flexibility index (Phi) is 4.74. The number of allylic oxidation sites excluding steroid dienone is 1. The summed E-state index contributed by atoms with van der Waals surface area (Å²) in [7, 11) is 0. The molecule has 114 valence electrons. The molecule has 0 fully saturated rings. The summed E-state index contributed by atoms with van der Waals surface area (Å²) in [5.74, 6) is 0.806. The molecule has 22 heavy (non-hydrogen) atoms. The van der Waals surface area contributed by atoms with Gasteiger partial charge in [0.25, 0.3) is 0 Å². The first-order valence-corrected chi connectivity index (χ1v) is 7.99. The molecule has 2 heterocycles. The van der Waals surface area contributed by atoms with Crippen LogP contribution in [0.2, 0.25) is 5.15 Å². The molecule has 2 aromatic rings. The van der Waals surface area contributed by atoms with E-state index in [2.05, 4.69) is 9.97 Å². The molecule has 1 aliphatic rings. The Morgan fingerprint density at radius 3 is 2.77 bits per heavy atom. The number of pyridine rings is 2.